The fourth-order valence-corrected chi connectivity index (χ4v) is 5.66. The van der Waals surface area contributed by atoms with Crippen LogP contribution >= 0.6 is 0 Å². The normalized spacial score (nSPS) is 19.4. The van der Waals surface area contributed by atoms with E-state index in [1.54, 1.807) is 0 Å². The van der Waals surface area contributed by atoms with Crippen LogP contribution < -0.4 is 10.1 Å². The van der Waals surface area contributed by atoms with Gasteiger partial charge in [0, 0.05) is 37.4 Å². The van der Waals surface area contributed by atoms with Crippen LogP contribution in [0, 0.1) is 0 Å². The molecule has 5 rings (SSSR count). The Morgan fingerprint density at radius 2 is 1.68 bits per heavy atom. The standard InChI is InChI=1S/C33H39N3O4/c1-4-40-27-15-11-25(12-16-27)31-30(32(37)34-26-13-9-24(10-14-26)23(2)3)28-7-5-6-8-29(28)33(38)36(31)18-17-35-19-21-39-22-20-35/h5-16,23,30-31H,4,17-22H2,1-3H3,(H,34,37). The lowest BCUT2D eigenvalue weighted by molar-refractivity contribution is -0.119. The molecular weight excluding hydrogens is 502 g/mol. The van der Waals surface area contributed by atoms with E-state index in [1.165, 1.54) is 5.56 Å². The monoisotopic (exact) mass is 541 g/mol. The lowest BCUT2D eigenvalue weighted by atomic mass is 9.79. The Balaban J connectivity index is 1.52. The van der Waals surface area contributed by atoms with Crippen molar-refractivity contribution in [1.29, 1.82) is 0 Å². The molecule has 0 spiro atoms. The first-order chi connectivity index (χ1) is 19.5. The number of anilines is 1. The highest BCUT2D eigenvalue weighted by atomic mass is 16.5. The number of hydrogen-bond acceptors (Lipinski definition) is 5. The smallest absolute Gasteiger partial charge is 0.254 e. The molecule has 7 heteroatoms. The molecule has 2 atom stereocenters. The van der Waals surface area contributed by atoms with Gasteiger partial charge in [-0.05, 0) is 59.9 Å². The molecule has 210 valence electrons. The summed E-state index contributed by atoms with van der Waals surface area (Å²) in [6.07, 6.45) is 0. The van der Waals surface area contributed by atoms with Crippen molar-refractivity contribution in [1.82, 2.24) is 9.80 Å². The number of amides is 2. The molecule has 7 nitrogen and oxygen atoms in total. The number of ether oxygens (including phenoxy) is 2. The van der Waals surface area contributed by atoms with E-state index in [4.69, 9.17) is 9.47 Å². The number of carbonyl (C=O) groups is 2. The Morgan fingerprint density at radius 3 is 2.35 bits per heavy atom. The molecular formula is C33H39N3O4. The third kappa shape index (κ3) is 6.06. The molecule has 2 aliphatic heterocycles. The van der Waals surface area contributed by atoms with Gasteiger partial charge < -0.3 is 19.7 Å². The highest BCUT2D eigenvalue weighted by Gasteiger charge is 2.44. The van der Waals surface area contributed by atoms with E-state index < -0.39 is 12.0 Å². The van der Waals surface area contributed by atoms with Crippen LogP contribution in [0.15, 0.2) is 72.8 Å². The number of nitrogens with one attached hydrogen (secondary N) is 1. The summed E-state index contributed by atoms with van der Waals surface area (Å²) >= 11 is 0. The molecule has 0 aromatic heterocycles. The van der Waals surface area contributed by atoms with Gasteiger partial charge in [-0.25, -0.2) is 0 Å². The van der Waals surface area contributed by atoms with Crippen LogP contribution in [0.3, 0.4) is 0 Å². The molecule has 3 aromatic rings. The zero-order valence-corrected chi connectivity index (χ0v) is 23.6. The molecule has 2 aliphatic rings. The first-order valence-electron chi connectivity index (χ1n) is 14.3. The Hall–Kier alpha value is -3.68. The van der Waals surface area contributed by atoms with E-state index in [9.17, 15) is 9.59 Å². The predicted molar refractivity (Wildman–Crippen MR) is 157 cm³/mol. The number of hydrogen-bond donors (Lipinski definition) is 1. The molecule has 0 saturated carbocycles. The highest BCUT2D eigenvalue weighted by Crippen LogP contribution is 2.43. The second kappa shape index (κ2) is 12.7. The Bertz CT molecular complexity index is 1300. The second-order valence-corrected chi connectivity index (χ2v) is 10.7. The van der Waals surface area contributed by atoms with Gasteiger partial charge in [0.2, 0.25) is 5.91 Å². The molecule has 1 fully saturated rings. The Morgan fingerprint density at radius 1 is 0.975 bits per heavy atom. The van der Waals surface area contributed by atoms with Crippen LogP contribution in [-0.4, -0.2) is 67.6 Å². The lowest BCUT2D eigenvalue weighted by Gasteiger charge is -2.42. The van der Waals surface area contributed by atoms with E-state index >= 15 is 0 Å². The zero-order valence-electron chi connectivity index (χ0n) is 23.6. The molecule has 2 heterocycles. The lowest BCUT2D eigenvalue weighted by Crippen LogP contribution is -2.49. The summed E-state index contributed by atoms with van der Waals surface area (Å²) < 4.78 is 11.2. The number of fused-ring (bicyclic) bond motifs is 1. The maximum Gasteiger partial charge on any atom is 0.254 e. The van der Waals surface area contributed by atoms with E-state index in [-0.39, 0.29) is 11.8 Å². The van der Waals surface area contributed by atoms with Crippen molar-refractivity contribution in [2.75, 3.05) is 51.3 Å². The highest BCUT2D eigenvalue weighted by molar-refractivity contribution is 6.04. The van der Waals surface area contributed by atoms with Gasteiger partial charge >= 0.3 is 0 Å². The summed E-state index contributed by atoms with van der Waals surface area (Å²) in [6, 6.07) is 22.9. The SMILES string of the molecule is CCOc1ccc(C2C(C(=O)Nc3ccc(C(C)C)cc3)c3ccccc3C(=O)N2CCN2CCOCC2)cc1. The number of benzene rings is 3. The quantitative estimate of drug-likeness (QED) is 0.390. The molecule has 2 amide bonds. The Kier molecular flexibility index (Phi) is 8.82. The van der Waals surface area contributed by atoms with Crippen molar-refractivity contribution in [3.8, 4) is 5.75 Å². The van der Waals surface area contributed by atoms with Crippen LogP contribution in [0.5, 0.6) is 5.75 Å². The van der Waals surface area contributed by atoms with E-state index in [2.05, 4.69) is 36.2 Å². The van der Waals surface area contributed by atoms with E-state index in [0.717, 1.165) is 42.2 Å². The minimum absolute atomic E-state index is 0.0481. The predicted octanol–water partition coefficient (Wildman–Crippen LogP) is 5.46. The molecule has 0 bridgehead atoms. The number of carbonyl (C=O) groups excluding carboxylic acids is 2. The molecule has 0 aliphatic carbocycles. The van der Waals surface area contributed by atoms with Crippen molar-refractivity contribution in [2.45, 2.75) is 38.6 Å². The third-order valence-electron chi connectivity index (χ3n) is 7.86. The molecule has 0 radical (unpaired) electrons. The summed E-state index contributed by atoms with van der Waals surface area (Å²) in [6.45, 7) is 11.1. The summed E-state index contributed by atoms with van der Waals surface area (Å²) in [7, 11) is 0. The van der Waals surface area contributed by atoms with Crippen molar-refractivity contribution in [3.05, 3.63) is 95.1 Å². The Labute approximate surface area is 237 Å². The van der Waals surface area contributed by atoms with Crippen LogP contribution in [0.4, 0.5) is 5.69 Å². The van der Waals surface area contributed by atoms with Gasteiger partial charge in [-0.1, -0.05) is 56.3 Å². The van der Waals surface area contributed by atoms with Gasteiger partial charge in [0.15, 0.2) is 0 Å². The van der Waals surface area contributed by atoms with Crippen molar-refractivity contribution >= 4 is 17.5 Å². The summed E-state index contributed by atoms with van der Waals surface area (Å²) in [4.78, 5) is 32.4. The van der Waals surface area contributed by atoms with Crippen molar-refractivity contribution in [2.24, 2.45) is 0 Å². The fraction of sp³-hybridized carbons (Fsp3) is 0.394. The maximum atomic E-state index is 14.2. The van der Waals surface area contributed by atoms with E-state index in [0.29, 0.717) is 37.8 Å². The van der Waals surface area contributed by atoms with Crippen molar-refractivity contribution in [3.63, 3.8) is 0 Å². The minimum Gasteiger partial charge on any atom is -0.494 e. The largest absolute Gasteiger partial charge is 0.494 e. The van der Waals surface area contributed by atoms with Crippen LogP contribution in [0.1, 0.15) is 65.7 Å². The summed E-state index contributed by atoms with van der Waals surface area (Å²) in [5.41, 5.74) is 4.21. The van der Waals surface area contributed by atoms with Crippen molar-refractivity contribution < 1.29 is 19.1 Å². The van der Waals surface area contributed by atoms with Gasteiger partial charge in [-0.2, -0.15) is 0 Å². The molecule has 40 heavy (non-hydrogen) atoms. The second-order valence-electron chi connectivity index (χ2n) is 10.7. The van der Waals surface area contributed by atoms with Gasteiger partial charge in [-0.3, -0.25) is 14.5 Å². The van der Waals surface area contributed by atoms with Crippen LogP contribution in [-0.2, 0) is 9.53 Å². The average molecular weight is 542 g/mol. The average Bonchev–Trinajstić information content (AvgIpc) is 2.98. The molecule has 1 N–H and O–H groups in total. The maximum absolute atomic E-state index is 14.2. The summed E-state index contributed by atoms with van der Waals surface area (Å²) in [5.74, 6) is 0.409. The molecule has 2 unspecified atom stereocenters. The van der Waals surface area contributed by atoms with Gasteiger partial charge in [0.1, 0.15) is 5.75 Å². The first kappa shape index (κ1) is 27.9. The van der Waals surface area contributed by atoms with Gasteiger partial charge in [0.05, 0.1) is 31.8 Å². The fourth-order valence-electron chi connectivity index (χ4n) is 5.66. The van der Waals surface area contributed by atoms with Gasteiger partial charge in [-0.15, -0.1) is 0 Å². The molecule has 3 aromatic carbocycles. The first-order valence-corrected chi connectivity index (χ1v) is 14.3. The molecule has 1 saturated heterocycles. The van der Waals surface area contributed by atoms with Crippen LogP contribution in [0.2, 0.25) is 0 Å². The van der Waals surface area contributed by atoms with Crippen LogP contribution in [0.25, 0.3) is 0 Å². The number of morpholine rings is 1. The van der Waals surface area contributed by atoms with Gasteiger partial charge in [0.25, 0.3) is 5.91 Å². The number of rotatable bonds is 9. The van der Waals surface area contributed by atoms with E-state index in [1.807, 2.05) is 72.5 Å². The zero-order chi connectivity index (χ0) is 28.1. The number of nitrogens with zero attached hydrogens (tertiary/aromatic N) is 2. The third-order valence-corrected chi connectivity index (χ3v) is 7.86. The minimum atomic E-state index is -0.582. The summed E-state index contributed by atoms with van der Waals surface area (Å²) in [5, 5.41) is 3.16. The topological polar surface area (TPSA) is 71.1 Å².